The zero-order valence-electron chi connectivity index (χ0n) is 44.5. The fraction of sp³-hybridized carbons (Fsp3) is 0.273. The van der Waals surface area contributed by atoms with E-state index in [0.29, 0.717) is 0 Å². The van der Waals surface area contributed by atoms with E-state index in [1.807, 2.05) is 0 Å². The molecule has 12 rings (SSSR count). The van der Waals surface area contributed by atoms with Crippen LogP contribution in [0.1, 0.15) is 85.7 Å². The van der Waals surface area contributed by atoms with Crippen molar-refractivity contribution >= 4 is 109 Å². The third-order valence-corrected chi connectivity index (χ3v) is 24.4. The van der Waals surface area contributed by atoms with Crippen molar-refractivity contribution in [3.05, 3.63) is 265 Å². The second-order valence-corrected chi connectivity index (χ2v) is 29.9. The van der Waals surface area contributed by atoms with Crippen LogP contribution in [0.5, 0.6) is 0 Å². The van der Waals surface area contributed by atoms with Crippen LogP contribution in [0.25, 0.3) is 0 Å². The first-order valence-electron chi connectivity index (χ1n) is 26.9. The van der Waals surface area contributed by atoms with Gasteiger partial charge in [-0.1, -0.05) is 0 Å². The van der Waals surface area contributed by atoms with Crippen molar-refractivity contribution < 1.29 is 18.9 Å². The van der Waals surface area contributed by atoms with Crippen molar-refractivity contribution in [1.82, 2.24) is 0 Å². The van der Waals surface area contributed by atoms with E-state index in [1.54, 1.807) is 0 Å². The summed E-state index contributed by atoms with van der Waals surface area (Å²) in [5, 5.41) is 4.99. The largest absolute Gasteiger partial charge is 2.00 e. The Hall–Kier alpha value is -3.42. The van der Waals surface area contributed by atoms with Gasteiger partial charge < -0.3 is 18.9 Å². The summed E-state index contributed by atoms with van der Waals surface area (Å²) < 4.78 is 30.9. The van der Waals surface area contributed by atoms with E-state index < -0.39 is 11.5 Å². The number of benzene rings is 8. The molecule has 0 atom stereocenters. The van der Waals surface area contributed by atoms with Crippen LogP contribution in [0.4, 0.5) is 0 Å². The Morgan fingerprint density at radius 2 is 0.416 bits per heavy atom. The maximum Gasteiger partial charge on any atom is 2.00 e. The summed E-state index contributed by atoms with van der Waals surface area (Å²) in [4.78, 5) is 0. The standard InChI is InChI=1S/2C25H21NPSe.4C4H8O.Sr/c2*28-27(23-17-9-3-10-18-23,24-19-11-4-12-20-24)26-25(21-13-5-1-6-14-21)22-15-7-2-8-16-22;4*1-2-4-5-3-1;/h2*1-20,25H;4*1-4H2;/q2*-1;;;;;+2. The van der Waals surface area contributed by atoms with Crippen LogP contribution in [0.3, 0.4) is 0 Å². The normalized spacial score (nSPS) is 14.5. The van der Waals surface area contributed by atoms with Crippen LogP contribution in [0.2, 0.25) is 0 Å². The van der Waals surface area contributed by atoms with Crippen molar-refractivity contribution in [3.63, 3.8) is 0 Å². The molecule has 0 bridgehead atoms. The van der Waals surface area contributed by atoms with Gasteiger partial charge in [0.2, 0.25) is 0 Å². The first-order valence-corrected chi connectivity index (χ1v) is 34.8. The van der Waals surface area contributed by atoms with Crippen LogP contribution in [0, 0.1) is 0 Å². The Morgan fingerprint density at radius 3 is 0.558 bits per heavy atom. The quantitative estimate of drug-likeness (QED) is 0.101. The van der Waals surface area contributed by atoms with E-state index >= 15 is 0 Å². The van der Waals surface area contributed by atoms with E-state index in [4.69, 9.17) is 28.4 Å². The van der Waals surface area contributed by atoms with Crippen LogP contribution < -0.4 is 21.2 Å². The number of ether oxygens (including phenoxy) is 4. The molecule has 4 aliphatic rings. The van der Waals surface area contributed by atoms with Gasteiger partial charge >= 0.3 is 396 Å². The molecule has 0 saturated carbocycles. The van der Waals surface area contributed by atoms with Crippen LogP contribution in [0.15, 0.2) is 252 Å². The SMILES string of the molecule is C1CCOC1.C1CCOC1.C1CCOC1.C1CCOC1.[Se-]P(=NC(c1ccccc1)c1ccccc1)(c1ccccc1)c1ccccc1.[Se-]P(=NC(c1ccccc1)c1ccccc1)(c1ccccc1)c1ccccc1.[Sr+2]. The van der Waals surface area contributed by atoms with Crippen molar-refractivity contribution in [2.45, 2.75) is 63.5 Å². The molecule has 0 amide bonds. The molecular weight excluding hydrogens is 1190 g/mol. The molecule has 8 aromatic rings. The van der Waals surface area contributed by atoms with E-state index in [0.717, 1.165) is 52.9 Å². The van der Waals surface area contributed by atoms with Gasteiger partial charge in [-0.3, -0.25) is 0 Å². The van der Waals surface area contributed by atoms with Gasteiger partial charge in [-0.15, -0.1) is 0 Å². The molecule has 396 valence electrons. The summed E-state index contributed by atoms with van der Waals surface area (Å²) in [6.45, 7) is 8.00. The van der Waals surface area contributed by atoms with Crippen molar-refractivity contribution in [3.8, 4) is 0 Å². The molecule has 0 spiro atoms. The van der Waals surface area contributed by atoms with Gasteiger partial charge in [-0.05, 0) is 51.4 Å². The Kier molecular flexibility index (Phi) is 30.0. The predicted octanol–water partition coefficient (Wildman–Crippen LogP) is 14.2. The average molecular weight is 1270 g/mol. The number of nitrogens with zero attached hydrogens (tertiary/aromatic N) is 2. The summed E-state index contributed by atoms with van der Waals surface area (Å²) in [6.07, 6.45) is 10.2. The zero-order valence-corrected chi connectivity index (χ0v) is 53.2. The second kappa shape index (κ2) is 36.8. The van der Waals surface area contributed by atoms with E-state index in [9.17, 15) is 0 Å². The number of rotatable bonds is 10. The fourth-order valence-electron chi connectivity index (χ4n) is 8.64. The minimum atomic E-state index is -2.06. The van der Waals surface area contributed by atoms with Gasteiger partial charge in [0.25, 0.3) is 0 Å². The topological polar surface area (TPSA) is 61.6 Å². The first-order chi connectivity index (χ1) is 37.5. The smallest absolute Gasteiger partial charge is 2.00 e. The summed E-state index contributed by atoms with van der Waals surface area (Å²) >= 11 is 7.08. The molecular formula is C66H74N2O4P2Se2Sr. The number of hydrogen-bond acceptors (Lipinski definition) is 6. The Labute approximate surface area is 513 Å². The monoisotopic (exact) mass is 1270 g/mol. The molecule has 6 nitrogen and oxygen atoms in total. The van der Waals surface area contributed by atoms with E-state index in [2.05, 4.69) is 274 Å². The molecule has 77 heavy (non-hydrogen) atoms. The van der Waals surface area contributed by atoms with Gasteiger partial charge in [0, 0.05) is 52.9 Å². The molecule has 4 aliphatic heterocycles. The minimum absolute atomic E-state index is 0. The Bertz CT molecular complexity index is 2450. The Morgan fingerprint density at radius 1 is 0.260 bits per heavy atom. The molecule has 0 unspecified atom stereocenters. The van der Waals surface area contributed by atoms with E-state index in [-0.39, 0.29) is 57.6 Å². The molecule has 0 radical (unpaired) electrons. The van der Waals surface area contributed by atoms with Crippen molar-refractivity contribution in [2.75, 3.05) is 52.9 Å². The summed E-state index contributed by atoms with van der Waals surface area (Å²) in [6, 6.07) is 84.7. The van der Waals surface area contributed by atoms with Crippen LogP contribution in [-0.4, -0.2) is 129 Å². The summed E-state index contributed by atoms with van der Waals surface area (Å²) in [5.41, 5.74) is 4.83. The average Bonchev–Trinajstić information content (AvgIpc) is 4.40. The minimum Gasteiger partial charge on any atom is 2.00 e. The van der Waals surface area contributed by atoms with Gasteiger partial charge in [0.15, 0.2) is 0 Å². The van der Waals surface area contributed by atoms with Gasteiger partial charge in [-0.25, -0.2) is 0 Å². The molecule has 0 N–H and O–H groups in total. The van der Waals surface area contributed by atoms with Crippen LogP contribution in [-0.2, 0) is 18.9 Å². The van der Waals surface area contributed by atoms with Crippen LogP contribution >= 0.6 is 11.5 Å². The third kappa shape index (κ3) is 21.2. The predicted molar refractivity (Wildman–Crippen MR) is 330 cm³/mol. The third-order valence-electron chi connectivity index (χ3n) is 12.8. The molecule has 4 fully saturated rings. The summed E-state index contributed by atoms with van der Waals surface area (Å²) in [7, 11) is 0. The first kappa shape index (κ1) is 62.8. The molecule has 8 aromatic carbocycles. The van der Waals surface area contributed by atoms with Gasteiger partial charge in [-0.2, -0.15) is 0 Å². The summed E-state index contributed by atoms with van der Waals surface area (Å²) in [5.74, 6) is -4.12. The fourth-order valence-corrected chi connectivity index (χ4v) is 17.5. The zero-order chi connectivity index (χ0) is 52.6. The maximum absolute atomic E-state index is 5.54. The molecule has 0 aromatic heterocycles. The van der Waals surface area contributed by atoms with Crippen molar-refractivity contribution in [1.29, 1.82) is 0 Å². The Balaban J connectivity index is 0.000000181. The van der Waals surface area contributed by atoms with E-state index in [1.165, 1.54) is 94.8 Å². The number of hydrogen-bond donors (Lipinski definition) is 0. The molecule has 4 saturated heterocycles. The maximum atomic E-state index is 5.54. The molecule has 0 aliphatic carbocycles. The second-order valence-electron chi connectivity index (χ2n) is 18.5. The van der Waals surface area contributed by atoms with Crippen molar-refractivity contribution in [2.24, 2.45) is 9.49 Å². The molecule has 4 heterocycles. The molecule has 11 heteroatoms. The van der Waals surface area contributed by atoms with Gasteiger partial charge in [0.1, 0.15) is 0 Å². The van der Waals surface area contributed by atoms with Gasteiger partial charge in [0.05, 0.1) is 0 Å².